The van der Waals surface area contributed by atoms with Crippen molar-refractivity contribution in [1.82, 2.24) is 14.9 Å². The summed E-state index contributed by atoms with van der Waals surface area (Å²) in [5.74, 6) is 1.73. The fraction of sp³-hybridized carbons (Fsp3) is 0.381. The monoisotopic (exact) mass is 379 g/mol. The van der Waals surface area contributed by atoms with Gasteiger partial charge in [-0.2, -0.15) is 4.98 Å². The van der Waals surface area contributed by atoms with Crippen LogP contribution in [0.2, 0.25) is 0 Å². The summed E-state index contributed by atoms with van der Waals surface area (Å²) in [6.07, 6.45) is 5.34. The standard InChI is InChI=1S/C21H25N5O2/c27-20(7-6-18-4-2-1-3-5-18)25-12-10-24(11-13-25)19-8-9-22-21(23-19)26-14-16-28-17-15-26/h1-9H,10-17H2/b7-6+. The summed E-state index contributed by atoms with van der Waals surface area (Å²) in [4.78, 5) is 27.9. The van der Waals surface area contributed by atoms with E-state index in [9.17, 15) is 4.79 Å². The van der Waals surface area contributed by atoms with E-state index in [4.69, 9.17) is 9.72 Å². The van der Waals surface area contributed by atoms with E-state index in [1.54, 1.807) is 6.08 Å². The largest absolute Gasteiger partial charge is 0.378 e. The first kappa shape index (κ1) is 18.4. The Morgan fingerprint density at radius 3 is 2.43 bits per heavy atom. The van der Waals surface area contributed by atoms with Gasteiger partial charge in [0, 0.05) is 51.5 Å². The lowest BCUT2D eigenvalue weighted by Crippen LogP contribution is -2.48. The van der Waals surface area contributed by atoms with Crippen molar-refractivity contribution in [2.24, 2.45) is 0 Å². The predicted molar refractivity (Wildman–Crippen MR) is 109 cm³/mol. The molecule has 1 aromatic carbocycles. The van der Waals surface area contributed by atoms with Gasteiger partial charge in [0.1, 0.15) is 5.82 Å². The van der Waals surface area contributed by atoms with Crippen LogP contribution in [0.15, 0.2) is 48.7 Å². The smallest absolute Gasteiger partial charge is 0.246 e. The highest BCUT2D eigenvalue weighted by Crippen LogP contribution is 2.18. The first-order chi connectivity index (χ1) is 13.8. The molecular weight excluding hydrogens is 354 g/mol. The first-order valence-electron chi connectivity index (χ1n) is 9.72. The van der Waals surface area contributed by atoms with E-state index in [2.05, 4.69) is 14.8 Å². The molecule has 7 nitrogen and oxygen atoms in total. The Hall–Kier alpha value is -2.93. The molecule has 0 bridgehead atoms. The molecule has 0 unspecified atom stereocenters. The highest BCUT2D eigenvalue weighted by molar-refractivity contribution is 5.91. The van der Waals surface area contributed by atoms with Gasteiger partial charge in [-0.15, -0.1) is 0 Å². The summed E-state index contributed by atoms with van der Waals surface area (Å²) in [5.41, 5.74) is 1.03. The molecule has 0 radical (unpaired) electrons. The zero-order valence-electron chi connectivity index (χ0n) is 15.9. The van der Waals surface area contributed by atoms with Crippen molar-refractivity contribution in [3.05, 3.63) is 54.2 Å². The molecule has 0 N–H and O–H groups in total. The number of hydrogen-bond donors (Lipinski definition) is 0. The molecule has 7 heteroatoms. The molecule has 2 aliphatic heterocycles. The summed E-state index contributed by atoms with van der Waals surface area (Å²) in [6.45, 7) is 5.98. The number of rotatable bonds is 4. The van der Waals surface area contributed by atoms with Crippen LogP contribution in [0.4, 0.5) is 11.8 Å². The average molecular weight is 379 g/mol. The van der Waals surface area contributed by atoms with Crippen LogP contribution in [0.25, 0.3) is 6.08 Å². The summed E-state index contributed by atoms with van der Waals surface area (Å²) < 4.78 is 5.40. The normalized spacial score (nSPS) is 17.9. The minimum absolute atomic E-state index is 0.0557. The summed E-state index contributed by atoms with van der Waals surface area (Å²) in [7, 11) is 0. The number of ether oxygens (including phenoxy) is 1. The third-order valence-corrected chi connectivity index (χ3v) is 5.06. The van der Waals surface area contributed by atoms with Crippen LogP contribution in [-0.2, 0) is 9.53 Å². The topological polar surface area (TPSA) is 61.8 Å². The minimum atomic E-state index is 0.0557. The molecule has 2 aromatic rings. The van der Waals surface area contributed by atoms with Crippen molar-refractivity contribution in [3.8, 4) is 0 Å². The van der Waals surface area contributed by atoms with E-state index < -0.39 is 0 Å². The van der Waals surface area contributed by atoms with Crippen LogP contribution < -0.4 is 9.80 Å². The number of aromatic nitrogens is 2. The van der Waals surface area contributed by atoms with E-state index in [1.165, 1.54) is 0 Å². The van der Waals surface area contributed by atoms with E-state index in [0.29, 0.717) is 26.3 Å². The second-order valence-corrected chi connectivity index (χ2v) is 6.87. The van der Waals surface area contributed by atoms with Crippen molar-refractivity contribution >= 4 is 23.7 Å². The summed E-state index contributed by atoms with van der Waals surface area (Å²) in [6, 6.07) is 11.8. The molecule has 28 heavy (non-hydrogen) atoms. The molecule has 4 rings (SSSR count). The van der Waals surface area contributed by atoms with Crippen LogP contribution in [0.3, 0.4) is 0 Å². The van der Waals surface area contributed by atoms with E-state index in [1.807, 2.05) is 53.6 Å². The van der Waals surface area contributed by atoms with Crippen LogP contribution in [0, 0.1) is 0 Å². The van der Waals surface area contributed by atoms with Gasteiger partial charge < -0.3 is 19.4 Å². The Morgan fingerprint density at radius 2 is 1.68 bits per heavy atom. The van der Waals surface area contributed by atoms with Crippen LogP contribution in [0.5, 0.6) is 0 Å². The fourth-order valence-electron chi connectivity index (χ4n) is 3.42. The molecule has 2 fully saturated rings. The zero-order valence-corrected chi connectivity index (χ0v) is 15.9. The lowest BCUT2D eigenvalue weighted by molar-refractivity contribution is -0.126. The molecule has 3 heterocycles. The third-order valence-electron chi connectivity index (χ3n) is 5.06. The van der Waals surface area contributed by atoms with Gasteiger partial charge in [-0.1, -0.05) is 30.3 Å². The Bertz CT molecular complexity index is 813. The number of carbonyl (C=O) groups is 1. The lowest BCUT2D eigenvalue weighted by Gasteiger charge is -2.35. The number of nitrogens with zero attached hydrogens (tertiary/aromatic N) is 5. The molecule has 146 valence electrons. The number of amides is 1. The van der Waals surface area contributed by atoms with Crippen molar-refractivity contribution in [2.45, 2.75) is 0 Å². The number of benzene rings is 1. The van der Waals surface area contributed by atoms with Gasteiger partial charge in [-0.05, 0) is 17.7 Å². The molecular formula is C21H25N5O2. The first-order valence-corrected chi connectivity index (χ1v) is 9.72. The van der Waals surface area contributed by atoms with Gasteiger partial charge in [-0.3, -0.25) is 4.79 Å². The van der Waals surface area contributed by atoms with Crippen molar-refractivity contribution < 1.29 is 9.53 Å². The van der Waals surface area contributed by atoms with Gasteiger partial charge in [0.15, 0.2) is 0 Å². The Labute approximate surface area is 165 Å². The van der Waals surface area contributed by atoms with Crippen LogP contribution >= 0.6 is 0 Å². The average Bonchev–Trinajstić information content (AvgIpc) is 2.79. The molecule has 1 amide bonds. The number of anilines is 2. The maximum atomic E-state index is 12.5. The van der Waals surface area contributed by atoms with Gasteiger partial charge in [0.25, 0.3) is 0 Å². The van der Waals surface area contributed by atoms with Crippen LogP contribution in [-0.4, -0.2) is 73.3 Å². The predicted octanol–water partition coefficient (Wildman–Crippen LogP) is 1.68. The Kier molecular flexibility index (Phi) is 5.82. The SMILES string of the molecule is O=C(/C=C/c1ccccc1)N1CCN(c2ccnc(N3CCOCC3)n2)CC1. The number of hydrogen-bond acceptors (Lipinski definition) is 6. The van der Waals surface area contributed by atoms with E-state index in [0.717, 1.165) is 43.5 Å². The molecule has 0 saturated carbocycles. The second-order valence-electron chi connectivity index (χ2n) is 6.87. The van der Waals surface area contributed by atoms with Gasteiger partial charge in [-0.25, -0.2) is 4.98 Å². The van der Waals surface area contributed by atoms with Crippen molar-refractivity contribution in [2.75, 3.05) is 62.3 Å². The maximum absolute atomic E-state index is 12.5. The summed E-state index contributed by atoms with van der Waals surface area (Å²) >= 11 is 0. The molecule has 1 aromatic heterocycles. The maximum Gasteiger partial charge on any atom is 0.246 e. The minimum Gasteiger partial charge on any atom is -0.378 e. The third kappa shape index (κ3) is 4.48. The van der Waals surface area contributed by atoms with Gasteiger partial charge >= 0.3 is 0 Å². The van der Waals surface area contributed by atoms with Crippen molar-refractivity contribution in [1.29, 1.82) is 0 Å². The zero-order chi connectivity index (χ0) is 19.2. The Morgan fingerprint density at radius 1 is 0.929 bits per heavy atom. The number of piperazine rings is 1. The quantitative estimate of drug-likeness (QED) is 0.754. The molecule has 2 saturated heterocycles. The molecule has 0 spiro atoms. The van der Waals surface area contributed by atoms with Gasteiger partial charge in [0.2, 0.25) is 11.9 Å². The molecule has 2 aliphatic rings. The van der Waals surface area contributed by atoms with Crippen molar-refractivity contribution in [3.63, 3.8) is 0 Å². The van der Waals surface area contributed by atoms with E-state index >= 15 is 0 Å². The number of morpholine rings is 1. The van der Waals surface area contributed by atoms with Gasteiger partial charge in [0.05, 0.1) is 13.2 Å². The highest BCUT2D eigenvalue weighted by Gasteiger charge is 2.22. The van der Waals surface area contributed by atoms with E-state index in [-0.39, 0.29) is 5.91 Å². The molecule has 0 atom stereocenters. The number of carbonyl (C=O) groups excluding carboxylic acids is 1. The lowest BCUT2D eigenvalue weighted by atomic mass is 10.2. The highest BCUT2D eigenvalue weighted by atomic mass is 16.5. The van der Waals surface area contributed by atoms with Crippen LogP contribution in [0.1, 0.15) is 5.56 Å². The fourth-order valence-corrected chi connectivity index (χ4v) is 3.42. The second kappa shape index (κ2) is 8.84. The Balaban J connectivity index is 1.34. The molecule has 0 aliphatic carbocycles. The summed E-state index contributed by atoms with van der Waals surface area (Å²) in [5, 5.41) is 0.